The van der Waals surface area contributed by atoms with E-state index in [1.165, 1.54) is 43.5 Å². The van der Waals surface area contributed by atoms with Gasteiger partial charge in [-0.1, -0.05) is 6.42 Å². The van der Waals surface area contributed by atoms with Gasteiger partial charge in [-0.05, 0) is 31.5 Å². The number of benzene rings is 1. The van der Waals surface area contributed by atoms with Gasteiger partial charge in [-0.2, -0.15) is 0 Å². The van der Waals surface area contributed by atoms with Crippen LogP contribution < -0.4 is 10.0 Å². The summed E-state index contributed by atoms with van der Waals surface area (Å²) >= 11 is 0. The monoisotopic (exact) mass is 354 g/mol. The van der Waals surface area contributed by atoms with E-state index in [9.17, 15) is 18.5 Å². The number of hydrogen-bond donors (Lipinski definition) is 2. The van der Waals surface area contributed by atoms with Gasteiger partial charge in [-0.15, -0.1) is 0 Å². The molecule has 0 bridgehead atoms. The first-order valence-corrected chi connectivity index (χ1v) is 9.65. The van der Waals surface area contributed by atoms with Crippen molar-refractivity contribution in [3.05, 3.63) is 34.4 Å². The highest BCUT2D eigenvalue weighted by Crippen LogP contribution is 2.20. The molecule has 2 aliphatic rings. The third-order valence-electron chi connectivity index (χ3n) is 4.72. The molecule has 8 nitrogen and oxygen atoms in total. The maximum atomic E-state index is 12.3. The highest BCUT2D eigenvalue weighted by atomic mass is 32.2. The van der Waals surface area contributed by atoms with Crippen LogP contribution >= 0.6 is 0 Å². The SMILES string of the molecule is O=[N+]([O-])c1ccc(S(=O)(=O)NCC2CN3CCCCC3CN2)cc1. The number of hydrogen-bond acceptors (Lipinski definition) is 6. The lowest BCUT2D eigenvalue weighted by molar-refractivity contribution is -0.384. The minimum Gasteiger partial charge on any atom is -0.310 e. The number of nitro benzene ring substituents is 1. The molecule has 0 spiro atoms. The minimum absolute atomic E-state index is 0.0414. The molecule has 0 aliphatic carbocycles. The summed E-state index contributed by atoms with van der Waals surface area (Å²) in [5, 5.41) is 14.0. The fourth-order valence-electron chi connectivity index (χ4n) is 3.36. The number of nitrogens with one attached hydrogen (secondary N) is 2. The summed E-state index contributed by atoms with van der Waals surface area (Å²) in [5.41, 5.74) is -0.126. The zero-order valence-electron chi connectivity index (χ0n) is 13.3. The Bertz CT molecular complexity index is 692. The van der Waals surface area contributed by atoms with Crippen molar-refractivity contribution in [2.75, 3.05) is 26.2 Å². The van der Waals surface area contributed by atoms with Crippen molar-refractivity contribution in [2.45, 2.75) is 36.2 Å². The quantitative estimate of drug-likeness (QED) is 0.596. The van der Waals surface area contributed by atoms with E-state index in [0.29, 0.717) is 12.6 Å². The molecule has 0 radical (unpaired) electrons. The van der Waals surface area contributed by atoms with Gasteiger partial charge >= 0.3 is 0 Å². The average Bonchev–Trinajstić information content (AvgIpc) is 2.60. The Labute approximate surface area is 141 Å². The Hall–Kier alpha value is -1.55. The standard InChI is InChI=1S/C15H22N4O4S/c20-19(21)13-4-6-15(7-5-13)24(22,23)17-9-12-11-18-8-2-1-3-14(18)10-16-12/h4-7,12,14,16-17H,1-3,8-11H2. The van der Waals surface area contributed by atoms with Crippen LogP contribution in [0.4, 0.5) is 5.69 Å². The van der Waals surface area contributed by atoms with Gasteiger partial charge in [0.1, 0.15) is 0 Å². The number of nitrogens with zero attached hydrogens (tertiary/aromatic N) is 2. The molecule has 0 saturated carbocycles. The molecular weight excluding hydrogens is 332 g/mol. The highest BCUT2D eigenvalue weighted by Gasteiger charge is 2.30. The first-order valence-electron chi connectivity index (χ1n) is 8.17. The number of non-ortho nitro benzene ring substituents is 1. The predicted molar refractivity (Wildman–Crippen MR) is 89.3 cm³/mol. The van der Waals surface area contributed by atoms with Crippen LogP contribution in [0.25, 0.3) is 0 Å². The normalized spacial score (nSPS) is 25.2. The first kappa shape index (κ1) is 17.3. The van der Waals surface area contributed by atoms with Crippen molar-refractivity contribution in [3.8, 4) is 0 Å². The van der Waals surface area contributed by atoms with Crippen molar-refractivity contribution in [2.24, 2.45) is 0 Å². The summed E-state index contributed by atoms with van der Waals surface area (Å²) in [6.07, 6.45) is 3.67. The zero-order chi connectivity index (χ0) is 17.2. The van der Waals surface area contributed by atoms with E-state index in [2.05, 4.69) is 14.9 Å². The summed E-state index contributed by atoms with van der Waals surface area (Å²) in [4.78, 5) is 12.6. The van der Waals surface area contributed by atoms with E-state index in [4.69, 9.17) is 0 Å². The average molecular weight is 354 g/mol. The highest BCUT2D eigenvalue weighted by molar-refractivity contribution is 7.89. The number of piperidine rings is 1. The number of nitro groups is 1. The van der Waals surface area contributed by atoms with E-state index >= 15 is 0 Å². The Morgan fingerprint density at radius 1 is 1.29 bits per heavy atom. The lowest BCUT2D eigenvalue weighted by atomic mass is 9.98. The topological polar surface area (TPSA) is 105 Å². The molecule has 2 heterocycles. The van der Waals surface area contributed by atoms with Gasteiger partial charge in [-0.25, -0.2) is 13.1 Å². The fourth-order valence-corrected chi connectivity index (χ4v) is 4.44. The number of piperazine rings is 1. The second kappa shape index (κ2) is 7.14. The van der Waals surface area contributed by atoms with Crippen LogP contribution in [0.3, 0.4) is 0 Å². The molecule has 2 saturated heterocycles. The van der Waals surface area contributed by atoms with Crippen LogP contribution in [0, 0.1) is 10.1 Å². The van der Waals surface area contributed by atoms with Gasteiger partial charge in [0.25, 0.3) is 5.69 Å². The summed E-state index contributed by atoms with van der Waals surface area (Å²) in [5.74, 6) is 0. The van der Waals surface area contributed by atoms with Crippen molar-refractivity contribution in [1.82, 2.24) is 14.9 Å². The molecule has 9 heteroatoms. The Balaban J connectivity index is 1.58. The van der Waals surface area contributed by atoms with Crippen LogP contribution in [-0.2, 0) is 10.0 Å². The summed E-state index contributed by atoms with van der Waals surface area (Å²) in [6.45, 7) is 3.12. The van der Waals surface area contributed by atoms with Crippen molar-refractivity contribution >= 4 is 15.7 Å². The largest absolute Gasteiger partial charge is 0.310 e. The molecule has 2 atom stereocenters. The third kappa shape index (κ3) is 3.92. The van der Waals surface area contributed by atoms with Crippen LogP contribution in [-0.4, -0.2) is 56.5 Å². The Kier molecular flexibility index (Phi) is 5.14. The van der Waals surface area contributed by atoms with Gasteiger partial charge in [-0.3, -0.25) is 15.0 Å². The van der Waals surface area contributed by atoms with E-state index in [1.807, 2.05) is 0 Å². The fraction of sp³-hybridized carbons (Fsp3) is 0.600. The van der Waals surface area contributed by atoms with Gasteiger partial charge in [0.05, 0.1) is 9.82 Å². The Morgan fingerprint density at radius 3 is 2.75 bits per heavy atom. The van der Waals surface area contributed by atoms with E-state index in [1.54, 1.807) is 0 Å². The molecule has 1 aromatic carbocycles. The second-order valence-corrected chi connectivity index (χ2v) is 8.12. The molecule has 2 unspecified atom stereocenters. The molecule has 0 amide bonds. The van der Waals surface area contributed by atoms with Gasteiger partial charge in [0.15, 0.2) is 0 Å². The second-order valence-electron chi connectivity index (χ2n) is 6.35. The molecule has 132 valence electrons. The number of fused-ring (bicyclic) bond motifs is 1. The van der Waals surface area contributed by atoms with Crippen LogP contribution in [0.5, 0.6) is 0 Å². The van der Waals surface area contributed by atoms with Crippen molar-refractivity contribution in [3.63, 3.8) is 0 Å². The van der Waals surface area contributed by atoms with E-state index in [0.717, 1.165) is 19.6 Å². The van der Waals surface area contributed by atoms with E-state index < -0.39 is 14.9 Å². The number of rotatable bonds is 5. The first-order chi connectivity index (χ1) is 11.5. The zero-order valence-corrected chi connectivity index (χ0v) is 14.2. The van der Waals surface area contributed by atoms with Crippen LogP contribution in [0.15, 0.2) is 29.2 Å². The van der Waals surface area contributed by atoms with Gasteiger partial charge < -0.3 is 5.32 Å². The van der Waals surface area contributed by atoms with Gasteiger partial charge in [0, 0.05) is 43.9 Å². The smallest absolute Gasteiger partial charge is 0.269 e. The molecule has 2 fully saturated rings. The molecule has 3 rings (SSSR count). The number of sulfonamides is 1. The maximum Gasteiger partial charge on any atom is 0.269 e. The van der Waals surface area contributed by atoms with Crippen molar-refractivity contribution in [1.29, 1.82) is 0 Å². The lowest BCUT2D eigenvalue weighted by Gasteiger charge is -2.43. The molecule has 1 aromatic rings. The maximum absolute atomic E-state index is 12.3. The molecule has 24 heavy (non-hydrogen) atoms. The summed E-state index contributed by atoms with van der Waals surface area (Å²) < 4.78 is 27.2. The molecule has 2 aliphatic heterocycles. The lowest BCUT2D eigenvalue weighted by Crippen LogP contribution is -2.60. The predicted octanol–water partition coefficient (Wildman–Crippen LogP) is 0.699. The van der Waals surface area contributed by atoms with Gasteiger partial charge in [0.2, 0.25) is 10.0 Å². The molecular formula is C15H22N4O4S. The third-order valence-corrected chi connectivity index (χ3v) is 6.16. The Morgan fingerprint density at radius 2 is 2.04 bits per heavy atom. The van der Waals surface area contributed by atoms with Crippen LogP contribution in [0.1, 0.15) is 19.3 Å². The summed E-state index contributed by atoms with van der Waals surface area (Å²) in [7, 11) is -3.66. The molecule has 2 N–H and O–H groups in total. The minimum atomic E-state index is -3.66. The van der Waals surface area contributed by atoms with Crippen molar-refractivity contribution < 1.29 is 13.3 Å². The summed E-state index contributed by atoms with van der Waals surface area (Å²) in [6, 6.07) is 5.57. The van der Waals surface area contributed by atoms with E-state index in [-0.39, 0.29) is 16.6 Å². The molecule has 0 aromatic heterocycles. The van der Waals surface area contributed by atoms with Crippen LogP contribution in [0.2, 0.25) is 0 Å².